The molecule has 0 saturated carbocycles. The zero-order chi connectivity index (χ0) is 20.5. The number of benzene rings is 1. The first-order valence-electron chi connectivity index (χ1n) is 9.30. The van der Waals surface area contributed by atoms with Crippen LogP contribution in [0.1, 0.15) is 29.0 Å². The van der Waals surface area contributed by atoms with Crippen LogP contribution >= 0.6 is 11.6 Å². The van der Waals surface area contributed by atoms with Crippen LogP contribution in [0, 0.1) is 0 Å². The zero-order valence-electron chi connectivity index (χ0n) is 15.9. The van der Waals surface area contributed by atoms with Gasteiger partial charge in [0.2, 0.25) is 11.8 Å². The maximum Gasteiger partial charge on any atom is 0.374 e. The van der Waals surface area contributed by atoms with Crippen LogP contribution in [0.2, 0.25) is 5.02 Å². The van der Waals surface area contributed by atoms with E-state index in [0.29, 0.717) is 24.1 Å². The van der Waals surface area contributed by atoms with Gasteiger partial charge >= 0.3 is 5.97 Å². The molecule has 1 aliphatic heterocycles. The first-order chi connectivity index (χ1) is 14.0. The van der Waals surface area contributed by atoms with Gasteiger partial charge in [0.05, 0.1) is 13.7 Å². The highest BCUT2D eigenvalue weighted by molar-refractivity contribution is 6.31. The van der Waals surface area contributed by atoms with Gasteiger partial charge in [0, 0.05) is 24.2 Å². The van der Waals surface area contributed by atoms with Crippen molar-refractivity contribution >= 4 is 34.7 Å². The van der Waals surface area contributed by atoms with Gasteiger partial charge in [0.25, 0.3) is 5.56 Å². The van der Waals surface area contributed by atoms with Gasteiger partial charge in [-0.2, -0.15) is 4.98 Å². The molecule has 0 radical (unpaired) electrons. The Hall–Kier alpha value is -2.91. The minimum absolute atomic E-state index is 0.0224. The van der Waals surface area contributed by atoms with E-state index in [1.54, 1.807) is 10.6 Å². The van der Waals surface area contributed by atoms with Gasteiger partial charge in [-0.15, -0.1) is 0 Å². The van der Waals surface area contributed by atoms with Crippen LogP contribution < -0.4 is 16.2 Å². The lowest BCUT2D eigenvalue weighted by molar-refractivity contribution is 0.0587. The topological polar surface area (TPSA) is 119 Å². The number of imidazole rings is 1. The molecule has 3 heterocycles. The number of H-pyrrole nitrogens is 1. The standard InChI is InChI=1S/C19H21ClN6O3/c1-29-18(28)16-22-15-14(17(27)23-16)26(9-11-5-2-3-7-13(11)20)19(24-15)25-8-4-6-12(21)10-25/h2-3,5,7,12H,4,6,8-10,21H2,1H3,(H,22,23,27)/t12-/m1/s1. The number of nitrogens with two attached hydrogens (primary N) is 1. The van der Waals surface area contributed by atoms with Crippen LogP contribution in [0.15, 0.2) is 29.1 Å². The van der Waals surface area contributed by atoms with E-state index in [1.165, 1.54) is 7.11 Å². The van der Waals surface area contributed by atoms with Crippen LogP contribution in [0.4, 0.5) is 5.95 Å². The molecule has 0 amide bonds. The maximum absolute atomic E-state index is 12.8. The van der Waals surface area contributed by atoms with E-state index in [1.807, 2.05) is 23.1 Å². The molecule has 10 heteroatoms. The third-order valence-corrected chi connectivity index (χ3v) is 5.37. The van der Waals surface area contributed by atoms with Crippen molar-refractivity contribution in [1.29, 1.82) is 0 Å². The smallest absolute Gasteiger partial charge is 0.374 e. The van der Waals surface area contributed by atoms with Crippen molar-refractivity contribution in [2.75, 3.05) is 25.1 Å². The molecule has 1 aromatic carbocycles. The molecule has 2 aromatic heterocycles. The molecule has 29 heavy (non-hydrogen) atoms. The van der Waals surface area contributed by atoms with Crippen molar-refractivity contribution in [3.05, 3.63) is 51.0 Å². The molecule has 0 spiro atoms. The van der Waals surface area contributed by atoms with E-state index in [-0.39, 0.29) is 23.0 Å². The predicted molar refractivity (Wildman–Crippen MR) is 109 cm³/mol. The van der Waals surface area contributed by atoms with Crippen LogP contribution in [-0.2, 0) is 11.3 Å². The zero-order valence-corrected chi connectivity index (χ0v) is 16.6. The number of rotatable bonds is 4. The summed E-state index contributed by atoms with van der Waals surface area (Å²) in [5.41, 5.74) is 6.97. The summed E-state index contributed by atoms with van der Waals surface area (Å²) < 4.78 is 6.45. The normalized spacial score (nSPS) is 16.9. The number of nitrogens with zero attached hydrogens (tertiary/aromatic N) is 4. The average Bonchev–Trinajstić information content (AvgIpc) is 3.08. The lowest BCUT2D eigenvalue weighted by Gasteiger charge is -2.31. The number of aromatic nitrogens is 4. The highest BCUT2D eigenvalue weighted by Crippen LogP contribution is 2.26. The number of aromatic amines is 1. The summed E-state index contributed by atoms with van der Waals surface area (Å²) in [5.74, 6) is -0.337. The van der Waals surface area contributed by atoms with E-state index in [9.17, 15) is 9.59 Å². The predicted octanol–water partition coefficient (Wildman–Crippen LogP) is 1.54. The number of nitrogens with one attached hydrogen (secondary N) is 1. The molecule has 1 aliphatic rings. The van der Waals surface area contributed by atoms with E-state index >= 15 is 0 Å². The van der Waals surface area contributed by atoms with Crippen molar-refractivity contribution < 1.29 is 9.53 Å². The number of esters is 1. The third-order valence-electron chi connectivity index (χ3n) is 5.00. The minimum atomic E-state index is -0.730. The Morgan fingerprint density at radius 2 is 2.17 bits per heavy atom. The molecule has 0 bridgehead atoms. The molecule has 1 saturated heterocycles. The molecule has 9 nitrogen and oxygen atoms in total. The van der Waals surface area contributed by atoms with Gasteiger partial charge < -0.3 is 15.4 Å². The third kappa shape index (κ3) is 3.70. The van der Waals surface area contributed by atoms with Gasteiger partial charge in [0.15, 0.2) is 11.2 Å². The fourth-order valence-electron chi connectivity index (χ4n) is 3.60. The summed E-state index contributed by atoms with van der Waals surface area (Å²) in [6.45, 7) is 1.72. The number of carbonyl (C=O) groups excluding carboxylic acids is 1. The van der Waals surface area contributed by atoms with Gasteiger partial charge in [0.1, 0.15) is 0 Å². The Morgan fingerprint density at radius 1 is 1.38 bits per heavy atom. The Morgan fingerprint density at radius 3 is 2.90 bits per heavy atom. The second-order valence-electron chi connectivity index (χ2n) is 7.02. The van der Waals surface area contributed by atoms with Gasteiger partial charge in [-0.25, -0.2) is 9.78 Å². The fourth-order valence-corrected chi connectivity index (χ4v) is 3.80. The van der Waals surface area contributed by atoms with Gasteiger partial charge in [-0.3, -0.25) is 14.3 Å². The van der Waals surface area contributed by atoms with Gasteiger partial charge in [-0.1, -0.05) is 29.8 Å². The number of fused-ring (bicyclic) bond motifs is 1. The lowest BCUT2D eigenvalue weighted by Crippen LogP contribution is -2.44. The quantitative estimate of drug-likeness (QED) is 0.619. The first kappa shape index (κ1) is 19.4. The summed E-state index contributed by atoms with van der Waals surface area (Å²) in [6.07, 6.45) is 1.86. The number of halogens is 1. The monoisotopic (exact) mass is 416 g/mol. The molecule has 4 rings (SSSR count). The molecular formula is C19H21ClN6O3. The number of carbonyl (C=O) groups is 1. The highest BCUT2D eigenvalue weighted by atomic mass is 35.5. The average molecular weight is 417 g/mol. The van der Waals surface area contributed by atoms with Crippen LogP contribution in [0.25, 0.3) is 11.2 Å². The van der Waals surface area contributed by atoms with Crippen LogP contribution in [0.3, 0.4) is 0 Å². The first-order valence-corrected chi connectivity index (χ1v) is 9.68. The summed E-state index contributed by atoms with van der Waals surface area (Å²) >= 11 is 6.35. The van der Waals surface area contributed by atoms with Crippen molar-refractivity contribution in [3.63, 3.8) is 0 Å². The highest BCUT2D eigenvalue weighted by Gasteiger charge is 2.26. The second-order valence-corrected chi connectivity index (χ2v) is 7.42. The van der Waals surface area contributed by atoms with E-state index < -0.39 is 11.5 Å². The minimum Gasteiger partial charge on any atom is -0.463 e. The summed E-state index contributed by atoms with van der Waals surface area (Å²) in [7, 11) is 1.23. The molecule has 152 valence electrons. The Labute approximate surface area is 171 Å². The maximum atomic E-state index is 12.8. The van der Waals surface area contributed by atoms with E-state index in [4.69, 9.17) is 17.3 Å². The van der Waals surface area contributed by atoms with Crippen LogP contribution in [0.5, 0.6) is 0 Å². The van der Waals surface area contributed by atoms with Crippen molar-refractivity contribution in [3.8, 4) is 0 Å². The SMILES string of the molecule is COC(=O)c1nc2nc(N3CCC[C@@H](N)C3)n(Cc3ccccc3Cl)c2c(=O)[nH]1. The summed E-state index contributed by atoms with van der Waals surface area (Å²) in [6, 6.07) is 7.44. The molecule has 3 aromatic rings. The number of hydrogen-bond acceptors (Lipinski definition) is 7. The Balaban J connectivity index is 1.89. The van der Waals surface area contributed by atoms with Crippen LogP contribution in [-0.4, -0.2) is 51.7 Å². The summed E-state index contributed by atoms with van der Waals surface area (Å²) in [5, 5.41) is 0.589. The number of ether oxygens (including phenoxy) is 1. The Bertz CT molecular complexity index is 1120. The Kier molecular flexibility index (Phi) is 5.25. The lowest BCUT2D eigenvalue weighted by atomic mass is 10.1. The molecule has 1 fully saturated rings. The van der Waals surface area contributed by atoms with Crippen molar-refractivity contribution in [2.24, 2.45) is 5.73 Å². The molecule has 1 atom stereocenters. The largest absolute Gasteiger partial charge is 0.463 e. The molecule has 3 N–H and O–H groups in total. The number of methoxy groups -OCH3 is 1. The van der Waals surface area contributed by atoms with Gasteiger partial charge in [-0.05, 0) is 24.5 Å². The van der Waals surface area contributed by atoms with Crippen molar-refractivity contribution in [1.82, 2.24) is 19.5 Å². The number of piperidine rings is 1. The van der Waals surface area contributed by atoms with E-state index in [2.05, 4.69) is 19.7 Å². The van der Waals surface area contributed by atoms with Crippen molar-refractivity contribution in [2.45, 2.75) is 25.4 Å². The summed E-state index contributed by atoms with van der Waals surface area (Å²) in [4.78, 5) is 38.0. The number of hydrogen-bond donors (Lipinski definition) is 2. The fraction of sp³-hybridized carbons (Fsp3) is 0.368. The second kappa shape index (κ2) is 7.84. The molecule has 0 unspecified atom stereocenters. The molecule has 0 aliphatic carbocycles. The van der Waals surface area contributed by atoms with E-state index in [0.717, 1.165) is 24.9 Å². The number of anilines is 1. The molecular weight excluding hydrogens is 396 g/mol.